The summed E-state index contributed by atoms with van der Waals surface area (Å²) in [5, 5.41) is 0. The predicted octanol–water partition coefficient (Wildman–Crippen LogP) is 1.71. The number of carbonyl (C=O) groups excluding carboxylic acids is 2. The van der Waals surface area contributed by atoms with Crippen LogP contribution in [0.5, 0.6) is 0 Å². The van der Waals surface area contributed by atoms with Gasteiger partial charge in [-0.3, -0.25) is 9.59 Å². The first-order valence-corrected chi connectivity index (χ1v) is 7.85. The van der Waals surface area contributed by atoms with Gasteiger partial charge in [0.05, 0.1) is 13.0 Å². The summed E-state index contributed by atoms with van der Waals surface area (Å²) in [4.78, 5) is 22.6. The summed E-state index contributed by atoms with van der Waals surface area (Å²) in [5.41, 5.74) is 0.875. The van der Waals surface area contributed by atoms with Crippen LogP contribution in [-0.4, -0.2) is 43.1 Å². The molecule has 2 fully saturated rings. The van der Waals surface area contributed by atoms with Crippen molar-refractivity contribution in [3.05, 3.63) is 35.9 Å². The summed E-state index contributed by atoms with van der Waals surface area (Å²) in [5.74, 6) is -0.881. The molecule has 7 nitrogen and oxygen atoms in total. The summed E-state index contributed by atoms with van der Waals surface area (Å²) in [6, 6.07) is 9.50. The smallest absolute Gasteiger partial charge is 0.304 e. The summed E-state index contributed by atoms with van der Waals surface area (Å²) in [6.45, 7) is 2.88. The van der Waals surface area contributed by atoms with E-state index in [4.69, 9.17) is 23.7 Å². The predicted molar refractivity (Wildman–Crippen MR) is 80.6 cm³/mol. The second-order valence-corrected chi connectivity index (χ2v) is 5.77. The van der Waals surface area contributed by atoms with E-state index >= 15 is 0 Å². The van der Waals surface area contributed by atoms with Gasteiger partial charge in [-0.1, -0.05) is 30.3 Å². The van der Waals surface area contributed by atoms with Gasteiger partial charge in [-0.2, -0.15) is 0 Å². The van der Waals surface area contributed by atoms with E-state index in [9.17, 15) is 9.59 Å². The first-order valence-electron chi connectivity index (χ1n) is 7.85. The zero-order chi connectivity index (χ0) is 17.1. The molecule has 5 atom stereocenters. The maximum Gasteiger partial charge on any atom is 0.304 e. The molecule has 0 spiro atoms. The quantitative estimate of drug-likeness (QED) is 0.777. The molecule has 2 aliphatic heterocycles. The molecule has 0 unspecified atom stereocenters. The van der Waals surface area contributed by atoms with Crippen LogP contribution in [0.4, 0.5) is 0 Å². The Bertz CT molecular complexity index is 588. The third-order valence-corrected chi connectivity index (χ3v) is 3.86. The van der Waals surface area contributed by atoms with Gasteiger partial charge in [0.1, 0.15) is 18.3 Å². The zero-order valence-corrected chi connectivity index (χ0v) is 13.5. The number of ether oxygens (including phenoxy) is 5. The number of hydrogen-bond donors (Lipinski definition) is 0. The van der Waals surface area contributed by atoms with Gasteiger partial charge in [0.15, 0.2) is 6.29 Å². The lowest BCUT2D eigenvalue weighted by molar-refractivity contribution is -0.333. The molecule has 2 heterocycles. The standard InChI is InChI=1S/C17H20O7/c1-10(18)21-13-8-15(22-11(2)19)23-14-9-20-17(24-16(13)14)12-6-4-3-5-7-12/h3-7,13-17H,8-9H2,1-2H3/t13-,14+,15-,16-,17-/m0/s1. The number of carbonyl (C=O) groups is 2. The second kappa shape index (κ2) is 7.29. The van der Waals surface area contributed by atoms with E-state index in [1.54, 1.807) is 0 Å². The molecular weight excluding hydrogens is 316 g/mol. The minimum Gasteiger partial charge on any atom is -0.459 e. The summed E-state index contributed by atoms with van der Waals surface area (Å²) >= 11 is 0. The zero-order valence-electron chi connectivity index (χ0n) is 13.5. The molecule has 0 N–H and O–H groups in total. The fourth-order valence-corrected chi connectivity index (χ4v) is 2.94. The third kappa shape index (κ3) is 3.92. The van der Waals surface area contributed by atoms with Crippen LogP contribution in [0.15, 0.2) is 30.3 Å². The molecule has 130 valence electrons. The molecule has 0 bridgehead atoms. The maximum absolute atomic E-state index is 11.4. The average molecular weight is 336 g/mol. The Kier molecular flexibility index (Phi) is 5.13. The molecule has 0 amide bonds. The van der Waals surface area contributed by atoms with Crippen LogP contribution in [0.2, 0.25) is 0 Å². The Morgan fingerprint density at radius 1 is 1.04 bits per heavy atom. The van der Waals surface area contributed by atoms with Crippen molar-refractivity contribution in [3.63, 3.8) is 0 Å². The SMILES string of the molecule is CC(=O)O[C@@H]1C[C@H](OC(C)=O)[C@@H]2O[C@@H](c3ccccc3)OC[C@H]2O1. The van der Waals surface area contributed by atoms with E-state index in [1.165, 1.54) is 13.8 Å². The van der Waals surface area contributed by atoms with Crippen molar-refractivity contribution in [3.8, 4) is 0 Å². The minimum absolute atomic E-state index is 0.224. The largest absolute Gasteiger partial charge is 0.459 e. The second-order valence-electron chi connectivity index (χ2n) is 5.77. The van der Waals surface area contributed by atoms with Crippen LogP contribution in [0, 0.1) is 0 Å². The topological polar surface area (TPSA) is 80.3 Å². The molecule has 2 saturated heterocycles. The number of esters is 2. The highest BCUT2D eigenvalue weighted by atomic mass is 16.8. The summed E-state index contributed by atoms with van der Waals surface area (Å²) in [6.07, 6.45) is -2.65. The van der Waals surface area contributed by atoms with Gasteiger partial charge in [0, 0.05) is 19.4 Å². The van der Waals surface area contributed by atoms with Crippen LogP contribution >= 0.6 is 0 Å². The minimum atomic E-state index is -0.784. The number of fused-ring (bicyclic) bond motifs is 1. The van der Waals surface area contributed by atoms with Crippen molar-refractivity contribution in [1.29, 1.82) is 0 Å². The monoisotopic (exact) mass is 336 g/mol. The van der Waals surface area contributed by atoms with Crippen LogP contribution in [0.25, 0.3) is 0 Å². The van der Waals surface area contributed by atoms with Gasteiger partial charge in [-0.15, -0.1) is 0 Å². The summed E-state index contributed by atoms with van der Waals surface area (Å²) in [7, 11) is 0. The van der Waals surface area contributed by atoms with E-state index in [2.05, 4.69) is 0 Å². The van der Waals surface area contributed by atoms with Crippen LogP contribution < -0.4 is 0 Å². The maximum atomic E-state index is 11.4. The fourth-order valence-electron chi connectivity index (χ4n) is 2.94. The van der Waals surface area contributed by atoms with Gasteiger partial charge in [-0.25, -0.2) is 0 Å². The van der Waals surface area contributed by atoms with Crippen molar-refractivity contribution < 1.29 is 33.3 Å². The Morgan fingerprint density at radius 3 is 2.42 bits per heavy atom. The molecule has 2 aliphatic rings. The highest BCUT2D eigenvalue weighted by molar-refractivity contribution is 5.66. The lowest BCUT2D eigenvalue weighted by atomic mass is 10.00. The first kappa shape index (κ1) is 16.9. The Labute approximate surface area is 139 Å². The van der Waals surface area contributed by atoms with Gasteiger partial charge in [-0.05, 0) is 0 Å². The lowest BCUT2D eigenvalue weighted by Crippen LogP contribution is -2.56. The lowest BCUT2D eigenvalue weighted by Gasteiger charge is -2.44. The van der Waals surface area contributed by atoms with Crippen LogP contribution in [-0.2, 0) is 33.3 Å². The molecule has 0 aliphatic carbocycles. The van der Waals surface area contributed by atoms with Gasteiger partial charge < -0.3 is 23.7 Å². The molecular formula is C17H20O7. The molecule has 7 heteroatoms. The Balaban J connectivity index is 1.74. The molecule has 1 aromatic rings. The normalized spacial score (nSPS) is 32.5. The molecule has 1 aromatic carbocycles. The first-order chi connectivity index (χ1) is 11.5. The van der Waals surface area contributed by atoms with E-state index < -0.39 is 42.8 Å². The summed E-state index contributed by atoms with van der Waals surface area (Å²) < 4.78 is 27.9. The van der Waals surface area contributed by atoms with Gasteiger partial charge >= 0.3 is 11.9 Å². The fraction of sp³-hybridized carbons (Fsp3) is 0.529. The van der Waals surface area contributed by atoms with E-state index in [0.717, 1.165) is 5.56 Å². The van der Waals surface area contributed by atoms with Crippen LogP contribution in [0.1, 0.15) is 32.1 Å². The van der Waals surface area contributed by atoms with Crippen LogP contribution in [0.3, 0.4) is 0 Å². The van der Waals surface area contributed by atoms with Crippen molar-refractivity contribution in [2.24, 2.45) is 0 Å². The number of hydrogen-bond acceptors (Lipinski definition) is 7. The van der Waals surface area contributed by atoms with Crippen molar-refractivity contribution >= 4 is 11.9 Å². The van der Waals surface area contributed by atoms with E-state index in [-0.39, 0.29) is 13.0 Å². The number of rotatable bonds is 3. The van der Waals surface area contributed by atoms with E-state index in [1.807, 2.05) is 30.3 Å². The van der Waals surface area contributed by atoms with Crippen molar-refractivity contribution in [2.45, 2.75) is 51.2 Å². The Hall–Kier alpha value is -1.96. The third-order valence-electron chi connectivity index (χ3n) is 3.86. The van der Waals surface area contributed by atoms with Crippen molar-refractivity contribution in [1.82, 2.24) is 0 Å². The van der Waals surface area contributed by atoms with Gasteiger partial charge in [0.2, 0.25) is 6.29 Å². The average Bonchev–Trinajstić information content (AvgIpc) is 2.54. The molecule has 0 saturated carbocycles. The molecule has 3 rings (SSSR count). The van der Waals surface area contributed by atoms with Crippen molar-refractivity contribution in [2.75, 3.05) is 6.61 Å². The number of benzene rings is 1. The van der Waals surface area contributed by atoms with Gasteiger partial charge in [0.25, 0.3) is 0 Å². The Morgan fingerprint density at radius 2 is 1.75 bits per heavy atom. The molecule has 0 aromatic heterocycles. The highest BCUT2D eigenvalue weighted by Crippen LogP contribution is 2.35. The van der Waals surface area contributed by atoms with E-state index in [0.29, 0.717) is 0 Å². The highest BCUT2D eigenvalue weighted by Gasteiger charge is 2.47. The molecule has 24 heavy (non-hydrogen) atoms. The molecule has 0 radical (unpaired) electrons.